The summed E-state index contributed by atoms with van der Waals surface area (Å²) in [6.45, 7) is 6.78. The van der Waals surface area contributed by atoms with Gasteiger partial charge in [0.25, 0.3) is 0 Å². The van der Waals surface area contributed by atoms with E-state index in [0.717, 1.165) is 12.8 Å². The van der Waals surface area contributed by atoms with Crippen molar-refractivity contribution in [3.05, 3.63) is 0 Å². The van der Waals surface area contributed by atoms with E-state index in [1.807, 2.05) is 14.1 Å². The predicted molar refractivity (Wildman–Crippen MR) is 53.2 cm³/mol. The average molecular weight is 173 g/mol. The van der Waals surface area contributed by atoms with Gasteiger partial charge in [-0.05, 0) is 26.4 Å². The first-order chi connectivity index (χ1) is 5.55. The van der Waals surface area contributed by atoms with Gasteiger partial charge in [0.15, 0.2) is 0 Å². The molecular formula is C10H23NO. The third-order valence-corrected chi connectivity index (χ3v) is 3.31. The second kappa shape index (κ2) is 4.83. The molecule has 2 heteroatoms. The maximum Gasteiger partial charge on any atom is 0.0617 e. The minimum atomic E-state index is -0.0191. The molecule has 0 aromatic heterocycles. The molecular weight excluding hydrogens is 150 g/mol. The third kappa shape index (κ3) is 1.99. The fraction of sp³-hybridized carbons (Fsp3) is 1.00. The van der Waals surface area contributed by atoms with Crippen molar-refractivity contribution < 1.29 is 5.11 Å². The van der Waals surface area contributed by atoms with Crippen LogP contribution in [0, 0.1) is 5.92 Å². The first-order valence-corrected chi connectivity index (χ1v) is 4.83. The van der Waals surface area contributed by atoms with Crippen LogP contribution in [0.15, 0.2) is 0 Å². The molecule has 2 atom stereocenters. The summed E-state index contributed by atoms with van der Waals surface area (Å²) in [6.07, 6.45) is 2.12. The predicted octanol–water partition coefficient (Wildman–Crippen LogP) is 1.74. The van der Waals surface area contributed by atoms with Gasteiger partial charge >= 0.3 is 0 Å². The van der Waals surface area contributed by atoms with Crippen LogP contribution >= 0.6 is 0 Å². The summed E-state index contributed by atoms with van der Waals surface area (Å²) in [5.74, 6) is 0.544. The molecule has 1 N–H and O–H groups in total. The van der Waals surface area contributed by atoms with Crippen LogP contribution in [0.5, 0.6) is 0 Å². The highest BCUT2D eigenvalue weighted by Crippen LogP contribution is 2.28. The highest BCUT2D eigenvalue weighted by molar-refractivity contribution is 4.90. The van der Waals surface area contributed by atoms with E-state index in [4.69, 9.17) is 0 Å². The molecule has 2 nitrogen and oxygen atoms in total. The van der Waals surface area contributed by atoms with Gasteiger partial charge in [-0.15, -0.1) is 0 Å². The summed E-state index contributed by atoms with van der Waals surface area (Å²) in [4.78, 5) is 2.15. The second-order valence-electron chi connectivity index (χ2n) is 3.82. The molecule has 0 bridgehead atoms. The van der Waals surface area contributed by atoms with Gasteiger partial charge < -0.3 is 10.0 Å². The molecule has 0 saturated heterocycles. The molecule has 74 valence electrons. The van der Waals surface area contributed by atoms with E-state index in [9.17, 15) is 5.11 Å². The zero-order valence-corrected chi connectivity index (χ0v) is 9.09. The molecule has 0 aliphatic carbocycles. The summed E-state index contributed by atoms with van der Waals surface area (Å²) < 4.78 is 0. The lowest BCUT2D eigenvalue weighted by Crippen LogP contribution is -2.52. The topological polar surface area (TPSA) is 23.5 Å². The molecule has 0 rings (SSSR count). The van der Waals surface area contributed by atoms with Crippen molar-refractivity contribution in [1.82, 2.24) is 4.90 Å². The van der Waals surface area contributed by atoms with Crippen molar-refractivity contribution >= 4 is 0 Å². The Balaban J connectivity index is 4.56. The van der Waals surface area contributed by atoms with E-state index in [2.05, 4.69) is 25.7 Å². The van der Waals surface area contributed by atoms with Crippen molar-refractivity contribution in [2.24, 2.45) is 5.92 Å². The van der Waals surface area contributed by atoms with Gasteiger partial charge in [-0.1, -0.05) is 27.2 Å². The largest absolute Gasteiger partial charge is 0.394 e. The number of likely N-dealkylation sites (N-methyl/N-ethyl adjacent to an activating group) is 1. The Morgan fingerprint density at radius 3 is 1.92 bits per heavy atom. The number of hydrogen-bond donors (Lipinski definition) is 1. The SMILES string of the molecule is CCC(C)C(CC)(CO)N(C)C. The van der Waals surface area contributed by atoms with Crippen molar-refractivity contribution in [2.45, 2.75) is 39.2 Å². The normalized spacial score (nSPS) is 19.2. The quantitative estimate of drug-likeness (QED) is 0.684. The molecule has 0 spiro atoms. The average Bonchev–Trinajstić information content (AvgIpc) is 2.06. The lowest BCUT2D eigenvalue weighted by molar-refractivity contribution is 0.0175. The standard InChI is InChI=1S/C10H23NO/c1-6-9(3)10(7-2,8-12)11(4)5/h9,12H,6-8H2,1-5H3. The van der Waals surface area contributed by atoms with E-state index in [0.29, 0.717) is 5.92 Å². The molecule has 0 radical (unpaired) electrons. The fourth-order valence-corrected chi connectivity index (χ4v) is 1.89. The van der Waals surface area contributed by atoms with E-state index in [1.165, 1.54) is 0 Å². The van der Waals surface area contributed by atoms with Crippen LogP contribution in [0.3, 0.4) is 0 Å². The van der Waals surface area contributed by atoms with Crippen molar-refractivity contribution in [2.75, 3.05) is 20.7 Å². The fourth-order valence-electron chi connectivity index (χ4n) is 1.89. The van der Waals surface area contributed by atoms with Gasteiger partial charge in [-0.2, -0.15) is 0 Å². The minimum Gasteiger partial charge on any atom is -0.394 e. The lowest BCUT2D eigenvalue weighted by atomic mass is 9.81. The molecule has 0 aliphatic heterocycles. The summed E-state index contributed by atoms with van der Waals surface area (Å²) >= 11 is 0. The Hall–Kier alpha value is -0.0800. The summed E-state index contributed by atoms with van der Waals surface area (Å²) in [5, 5.41) is 9.41. The zero-order valence-electron chi connectivity index (χ0n) is 9.09. The van der Waals surface area contributed by atoms with E-state index < -0.39 is 0 Å². The van der Waals surface area contributed by atoms with Gasteiger partial charge in [0.1, 0.15) is 0 Å². The van der Waals surface area contributed by atoms with Gasteiger partial charge in [-0.25, -0.2) is 0 Å². The van der Waals surface area contributed by atoms with E-state index >= 15 is 0 Å². The first-order valence-electron chi connectivity index (χ1n) is 4.83. The Kier molecular flexibility index (Phi) is 4.80. The van der Waals surface area contributed by atoms with Gasteiger partial charge in [0.2, 0.25) is 0 Å². The second-order valence-corrected chi connectivity index (χ2v) is 3.82. The molecule has 0 amide bonds. The minimum absolute atomic E-state index is 0.0191. The summed E-state index contributed by atoms with van der Waals surface area (Å²) in [6, 6.07) is 0. The van der Waals surface area contributed by atoms with E-state index in [-0.39, 0.29) is 12.1 Å². The van der Waals surface area contributed by atoms with Gasteiger partial charge in [0, 0.05) is 5.54 Å². The van der Waals surface area contributed by atoms with Crippen LogP contribution in [0.4, 0.5) is 0 Å². The number of aliphatic hydroxyl groups excluding tert-OH is 1. The van der Waals surface area contributed by atoms with Crippen LogP contribution in [0.25, 0.3) is 0 Å². The highest BCUT2D eigenvalue weighted by atomic mass is 16.3. The summed E-state index contributed by atoms with van der Waals surface area (Å²) in [7, 11) is 4.10. The Labute approximate surface area is 76.6 Å². The van der Waals surface area contributed by atoms with Crippen LogP contribution in [0.1, 0.15) is 33.6 Å². The number of rotatable bonds is 5. The zero-order chi connectivity index (χ0) is 9.78. The van der Waals surface area contributed by atoms with Crippen LogP contribution in [0.2, 0.25) is 0 Å². The maximum absolute atomic E-state index is 9.41. The molecule has 0 aromatic carbocycles. The number of aliphatic hydroxyl groups is 1. The van der Waals surface area contributed by atoms with Crippen LogP contribution in [-0.2, 0) is 0 Å². The Morgan fingerprint density at radius 1 is 1.33 bits per heavy atom. The Bertz CT molecular complexity index is 119. The van der Waals surface area contributed by atoms with Crippen molar-refractivity contribution in [1.29, 1.82) is 0 Å². The summed E-state index contributed by atoms with van der Waals surface area (Å²) in [5.41, 5.74) is -0.0191. The molecule has 2 unspecified atom stereocenters. The molecule has 0 aliphatic rings. The molecule has 12 heavy (non-hydrogen) atoms. The first kappa shape index (κ1) is 11.9. The van der Waals surface area contributed by atoms with Crippen molar-refractivity contribution in [3.8, 4) is 0 Å². The lowest BCUT2D eigenvalue weighted by Gasteiger charge is -2.42. The maximum atomic E-state index is 9.41. The molecule has 0 saturated carbocycles. The number of hydrogen-bond acceptors (Lipinski definition) is 2. The number of nitrogens with zero attached hydrogens (tertiary/aromatic N) is 1. The monoisotopic (exact) mass is 173 g/mol. The van der Waals surface area contributed by atoms with Crippen molar-refractivity contribution in [3.63, 3.8) is 0 Å². The Morgan fingerprint density at radius 2 is 1.83 bits per heavy atom. The molecule has 0 fully saturated rings. The van der Waals surface area contributed by atoms with Crippen LogP contribution in [-0.4, -0.2) is 36.2 Å². The molecule has 0 heterocycles. The van der Waals surface area contributed by atoms with Gasteiger partial charge in [0.05, 0.1) is 6.61 Å². The smallest absolute Gasteiger partial charge is 0.0617 e. The van der Waals surface area contributed by atoms with E-state index in [1.54, 1.807) is 0 Å². The van der Waals surface area contributed by atoms with Crippen LogP contribution < -0.4 is 0 Å². The highest BCUT2D eigenvalue weighted by Gasteiger charge is 2.34. The molecule has 0 aromatic rings. The third-order valence-electron chi connectivity index (χ3n) is 3.31. The van der Waals surface area contributed by atoms with Gasteiger partial charge in [-0.3, -0.25) is 0 Å².